The van der Waals surface area contributed by atoms with Crippen LogP contribution in [0.1, 0.15) is 18.1 Å². The Kier molecular flexibility index (Phi) is 8.81. The van der Waals surface area contributed by atoms with Crippen LogP contribution in [0.4, 0.5) is 5.69 Å². The first kappa shape index (κ1) is 25.4. The average Bonchev–Trinajstić information content (AvgIpc) is 2.81. The van der Waals surface area contributed by atoms with Gasteiger partial charge in [0.2, 0.25) is 15.9 Å². The molecule has 178 valence electrons. The summed E-state index contributed by atoms with van der Waals surface area (Å²) in [6.07, 6.45) is 0.131. The second kappa shape index (κ2) is 11.8. The van der Waals surface area contributed by atoms with Crippen LogP contribution in [0.5, 0.6) is 0 Å². The van der Waals surface area contributed by atoms with E-state index in [1.807, 2.05) is 6.07 Å². The maximum Gasteiger partial charge on any atom is 0.310 e. The first-order chi connectivity index (χ1) is 16.3. The van der Waals surface area contributed by atoms with Gasteiger partial charge in [-0.25, -0.2) is 8.42 Å². The Balaban J connectivity index is 1.74. The van der Waals surface area contributed by atoms with Crippen molar-refractivity contribution in [2.45, 2.75) is 24.8 Å². The Hall–Kier alpha value is -3.20. The summed E-state index contributed by atoms with van der Waals surface area (Å²) in [6.45, 7) is 1.69. The second-order valence-corrected chi connectivity index (χ2v) is 9.81. The number of sulfonamides is 1. The van der Waals surface area contributed by atoms with E-state index in [1.165, 1.54) is 24.3 Å². The molecule has 0 spiro atoms. The number of ether oxygens (including phenoxy) is 1. The molecule has 0 heterocycles. The lowest BCUT2D eigenvalue weighted by molar-refractivity contribution is -0.142. The minimum Gasteiger partial charge on any atom is -0.466 e. The molecule has 0 saturated heterocycles. The summed E-state index contributed by atoms with van der Waals surface area (Å²) in [5, 5.41) is 3.13. The van der Waals surface area contributed by atoms with Crippen LogP contribution < -0.4 is 5.32 Å². The highest BCUT2D eigenvalue weighted by atomic mass is 35.5. The molecule has 1 N–H and O–H groups in total. The van der Waals surface area contributed by atoms with Gasteiger partial charge in [-0.2, -0.15) is 4.31 Å². The monoisotopic (exact) mass is 500 g/mol. The Morgan fingerprint density at radius 2 is 1.56 bits per heavy atom. The number of rotatable bonds is 10. The molecular formula is C25H25ClN2O5S. The van der Waals surface area contributed by atoms with Gasteiger partial charge in [0, 0.05) is 17.3 Å². The molecule has 0 aromatic heterocycles. The summed E-state index contributed by atoms with van der Waals surface area (Å²) in [4.78, 5) is 24.4. The molecule has 1 amide bonds. The molecule has 0 atom stereocenters. The van der Waals surface area contributed by atoms with E-state index in [0.717, 1.165) is 15.4 Å². The standard InChI is InChI=1S/C25H25ClN2O5S/c1-2-33-25(30)16-19-8-12-22(13-9-19)27-24(29)18-28(17-20-6-4-3-5-7-20)34(31,32)23-14-10-21(26)11-15-23/h3-15H,2,16-18H2,1H3,(H,27,29). The number of anilines is 1. The molecule has 0 bridgehead atoms. The average molecular weight is 501 g/mol. The van der Waals surface area contributed by atoms with Gasteiger partial charge in [0.05, 0.1) is 24.5 Å². The molecule has 3 aromatic carbocycles. The van der Waals surface area contributed by atoms with Crippen LogP contribution in [0.2, 0.25) is 5.02 Å². The molecule has 34 heavy (non-hydrogen) atoms. The molecule has 0 aliphatic rings. The minimum absolute atomic E-state index is 0.0255. The molecule has 0 saturated carbocycles. The summed E-state index contributed by atoms with van der Waals surface area (Å²) in [5.41, 5.74) is 1.98. The first-order valence-electron chi connectivity index (χ1n) is 10.6. The van der Waals surface area contributed by atoms with Crippen molar-refractivity contribution in [2.75, 3.05) is 18.5 Å². The fourth-order valence-electron chi connectivity index (χ4n) is 3.21. The van der Waals surface area contributed by atoms with Gasteiger partial charge in [0.25, 0.3) is 0 Å². The maximum absolute atomic E-state index is 13.3. The van der Waals surface area contributed by atoms with E-state index in [9.17, 15) is 18.0 Å². The smallest absolute Gasteiger partial charge is 0.310 e. The van der Waals surface area contributed by atoms with E-state index in [-0.39, 0.29) is 30.4 Å². The Labute approximate surface area is 204 Å². The van der Waals surface area contributed by atoms with Crippen molar-refractivity contribution in [1.29, 1.82) is 0 Å². The van der Waals surface area contributed by atoms with Crippen LogP contribution >= 0.6 is 11.6 Å². The SMILES string of the molecule is CCOC(=O)Cc1ccc(NC(=O)CN(Cc2ccccc2)S(=O)(=O)c2ccc(Cl)cc2)cc1. The lowest BCUT2D eigenvalue weighted by Crippen LogP contribution is -2.37. The minimum atomic E-state index is -3.97. The molecule has 3 rings (SSSR count). The van der Waals surface area contributed by atoms with Gasteiger partial charge in [0.15, 0.2) is 0 Å². The van der Waals surface area contributed by atoms with Gasteiger partial charge in [0.1, 0.15) is 0 Å². The summed E-state index contributed by atoms with van der Waals surface area (Å²) in [7, 11) is -3.97. The van der Waals surface area contributed by atoms with Crippen LogP contribution in [-0.4, -0.2) is 37.8 Å². The number of halogens is 1. The van der Waals surface area contributed by atoms with E-state index in [0.29, 0.717) is 17.3 Å². The fraction of sp³-hybridized carbons (Fsp3) is 0.200. The number of carbonyl (C=O) groups is 2. The third-order valence-electron chi connectivity index (χ3n) is 4.86. The predicted molar refractivity (Wildman–Crippen MR) is 131 cm³/mol. The van der Waals surface area contributed by atoms with Crippen molar-refractivity contribution in [3.05, 3.63) is 95.0 Å². The normalized spacial score (nSPS) is 11.3. The number of benzene rings is 3. The van der Waals surface area contributed by atoms with Crippen LogP contribution in [0.3, 0.4) is 0 Å². The van der Waals surface area contributed by atoms with Crippen molar-refractivity contribution in [3.63, 3.8) is 0 Å². The van der Waals surface area contributed by atoms with Crippen LogP contribution in [0, 0.1) is 0 Å². The number of carbonyl (C=O) groups excluding carboxylic acids is 2. The summed E-state index contributed by atoms with van der Waals surface area (Å²) >= 11 is 5.90. The van der Waals surface area contributed by atoms with E-state index in [4.69, 9.17) is 16.3 Å². The van der Waals surface area contributed by atoms with Crippen molar-refractivity contribution in [3.8, 4) is 0 Å². The molecular weight excluding hydrogens is 476 g/mol. The Bertz CT molecular complexity index is 1210. The van der Waals surface area contributed by atoms with Crippen molar-refractivity contribution in [2.24, 2.45) is 0 Å². The molecule has 3 aromatic rings. The van der Waals surface area contributed by atoms with E-state index >= 15 is 0 Å². The topological polar surface area (TPSA) is 92.8 Å². The molecule has 7 nitrogen and oxygen atoms in total. The molecule has 9 heteroatoms. The molecule has 0 unspecified atom stereocenters. The van der Waals surface area contributed by atoms with E-state index in [1.54, 1.807) is 55.5 Å². The third kappa shape index (κ3) is 7.15. The Morgan fingerprint density at radius 3 is 2.18 bits per heavy atom. The highest BCUT2D eigenvalue weighted by molar-refractivity contribution is 7.89. The van der Waals surface area contributed by atoms with Crippen LogP contribution in [0.15, 0.2) is 83.8 Å². The number of nitrogens with one attached hydrogen (secondary N) is 1. The van der Waals surface area contributed by atoms with Crippen molar-refractivity contribution >= 4 is 39.2 Å². The predicted octanol–water partition coefficient (Wildman–Crippen LogP) is 4.28. The van der Waals surface area contributed by atoms with E-state index in [2.05, 4.69) is 5.32 Å². The zero-order chi connectivity index (χ0) is 24.6. The number of hydrogen-bond acceptors (Lipinski definition) is 5. The zero-order valence-electron chi connectivity index (χ0n) is 18.6. The van der Waals surface area contributed by atoms with Gasteiger partial charge < -0.3 is 10.1 Å². The van der Waals surface area contributed by atoms with Crippen LogP contribution in [0.25, 0.3) is 0 Å². The van der Waals surface area contributed by atoms with Gasteiger partial charge in [-0.1, -0.05) is 54.1 Å². The van der Waals surface area contributed by atoms with E-state index < -0.39 is 15.9 Å². The molecule has 0 aliphatic heterocycles. The summed E-state index contributed by atoms with van der Waals surface area (Å²) in [5.74, 6) is -0.824. The van der Waals surface area contributed by atoms with Crippen molar-refractivity contribution in [1.82, 2.24) is 4.31 Å². The highest BCUT2D eigenvalue weighted by Gasteiger charge is 2.27. The van der Waals surface area contributed by atoms with Gasteiger partial charge in [-0.15, -0.1) is 0 Å². The lowest BCUT2D eigenvalue weighted by atomic mass is 10.1. The summed E-state index contributed by atoms with van der Waals surface area (Å²) in [6, 6.07) is 21.6. The van der Waals surface area contributed by atoms with Gasteiger partial charge in [-0.3, -0.25) is 9.59 Å². The maximum atomic E-state index is 13.3. The third-order valence-corrected chi connectivity index (χ3v) is 6.92. The molecule has 0 radical (unpaired) electrons. The zero-order valence-corrected chi connectivity index (χ0v) is 20.2. The fourth-order valence-corrected chi connectivity index (χ4v) is 4.72. The van der Waals surface area contributed by atoms with Gasteiger partial charge >= 0.3 is 5.97 Å². The number of hydrogen-bond donors (Lipinski definition) is 1. The first-order valence-corrected chi connectivity index (χ1v) is 12.4. The van der Waals surface area contributed by atoms with Crippen molar-refractivity contribution < 1.29 is 22.7 Å². The number of amides is 1. The molecule has 0 fully saturated rings. The number of nitrogens with zero attached hydrogens (tertiary/aromatic N) is 1. The summed E-state index contributed by atoms with van der Waals surface area (Å²) < 4.78 is 32.6. The van der Waals surface area contributed by atoms with Gasteiger partial charge in [-0.05, 0) is 54.4 Å². The van der Waals surface area contributed by atoms with Crippen LogP contribution in [-0.2, 0) is 37.3 Å². The lowest BCUT2D eigenvalue weighted by Gasteiger charge is -2.22. The molecule has 0 aliphatic carbocycles. The Morgan fingerprint density at radius 1 is 0.912 bits per heavy atom. The quantitative estimate of drug-likeness (QED) is 0.419. The second-order valence-electron chi connectivity index (χ2n) is 7.44. The highest BCUT2D eigenvalue weighted by Crippen LogP contribution is 2.21. The number of esters is 1. The largest absolute Gasteiger partial charge is 0.466 e.